The first-order valence-electron chi connectivity index (χ1n) is 4.01. The van der Waals surface area contributed by atoms with Crippen LogP contribution in [0.2, 0.25) is 0 Å². The first kappa shape index (κ1) is 10.6. The van der Waals surface area contributed by atoms with Gasteiger partial charge in [0.1, 0.15) is 0 Å². The second-order valence-corrected chi connectivity index (χ2v) is 4.66. The fourth-order valence-corrected chi connectivity index (χ4v) is 1.87. The van der Waals surface area contributed by atoms with E-state index in [4.69, 9.17) is 6.42 Å². The third-order valence-electron chi connectivity index (χ3n) is 1.69. The van der Waals surface area contributed by atoms with Crippen LogP contribution in [0.3, 0.4) is 0 Å². The Kier molecular flexibility index (Phi) is 3.10. The highest BCUT2D eigenvalue weighted by Gasteiger charge is 2.08. The Labute approximate surface area is 84.2 Å². The van der Waals surface area contributed by atoms with E-state index < -0.39 is 9.84 Å². The van der Waals surface area contributed by atoms with E-state index in [1.54, 1.807) is 24.3 Å². The van der Waals surface area contributed by atoms with Crippen LogP contribution in [-0.2, 0) is 9.84 Å². The van der Waals surface area contributed by atoms with Crippen molar-refractivity contribution in [3.63, 3.8) is 0 Å². The normalized spacial score (nSPS) is 11.4. The lowest BCUT2D eigenvalue weighted by atomic mass is 10.2. The minimum atomic E-state index is -3.36. The van der Waals surface area contributed by atoms with E-state index in [-0.39, 0.29) is 4.90 Å². The van der Waals surface area contributed by atoms with Crippen molar-refractivity contribution < 1.29 is 8.42 Å². The average Bonchev–Trinajstić information content (AvgIpc) is 2.16. The highest BCUT2D eigenvalue weighted by Crippen LogP contribution is 2.12. The van der Waals surface area contributed by atoms with Crippen LogP contribution < -0.4 is 0 Å². The number of benzene rings is 1. The van der Waals surface area contributed by atoms with Crippen LogP contribution >= 0.6 is 0 Å². The molecule has 0 amide bonds. The molecule has 0 aliphatic carbocycles. The summed E-state index contributed by atoms with van der Waals surface area (Å²) in [5.74, 6) is 2.15. The summed E-state index contributed by atoms with van der Waals surface area (Å²) >= 11 is 0. The Hall–Kier alpha value is -1.53. The molecule has 0 aliphatic heterocycles. The molecular formula is C11H10O2S. The molecule has 1 aromatic rings. The van der Waals surface area contributed by atoms with Crippen LogP contribution in [0.1, 0.15) is 5.56 Å². The van der Waals surface area contributed by atoms with Gasteiger partial charge in [0, 0.05) is 5.41 Å². The van der Waals surface area contributed by atoms with Crippen LogP contribution in [-0.4, -0.2) is 8.42 Å². The summed E-state index contributed by atoms with van der Waals surface area (Å²) in [4.78, 5) is 0.259. The zero-order valence-electron chi connectivity index (χ0n) is 7.77. The van der Waals surface area contributed by atoms with E-state index >= 15 is 0 Å². The molecule has 0 radical (unpaired) electrons. The molecule has 2 nitrogen and oxygen atoms in total. The fraction of sp³-hybridized carbons (Fsp3) is 0.0909. The van der Waals surface area contributed by atoms with Gasteiger partial charge in [-0.1, -0.05) is 23.6 Å². The minimum absolute atomic E-state index is 0.259. The lowest BCUT2D eigenvalue weighted by Crippen LogP contribution is -1.95. The maximum absolute atomic E-state index is 11.5. The predicted octanol–water partition coefficient (Wildman–Crippen LogP) is 1.92. The van der Waals surface area contributed by atoms with Gasteiger partial charge >= 0.3 is 0 Å². The van der Waals surface area contributed by atoms with Crippen LogP contribution in [0.4, 0.5) is 0 Å². The molecule has 0 N–H and O–H groups in total. The van der Waals surface area contributed by atoms with Crippen molar-refractivity contribution in [3.05, 3.63) is 41.3 Å². The topological polar surface area (TPSA) is 34.1 Å². The molecule has 0 bridgehead atoms. The zero-order valence-corrected chi connectivity index (χ0v) is 8.58. The molecule has 72 valence electrons. The second-order valence-electron chi connectivity index (χ2n) is 2.83. The van der Waals surface area contributed by atoms with Gasteiger partial charge < -0.3 is 0 Å². The Morgan fingerprint density at radius 3 is 2.36 bits per heavy atom. The number of aryl methyl sites for hydroxylation is 1. The molecule has 0 heterocycles. The minimum Gasteiger partial charge on any atom is -0.219 e. The number of rotatable bonds is 2. The molecule has 0 aromatic heterocycles. The Morgan fingerprint density at radius 1 is 1.29 bits per heavy atom. The van der Waals surface area contributed by atoms with Gasteiger partial charge in [-0.3, -0.25) is 0 Å². The van der Waals surface area contributed by atoms with Crippen molar-refractivity contribution in [1.82, 2.24) is 0 Å². The van der Waals surface area contributed by atoms with Gasteiger partial charge in [0.2, 0.25) is 0 Å². The molecule has 0 aliphatic rings. The molecule has 0 fully saturated rings. The molecule has 0 atom stereocenters. The van der Waals surface area contributed by atoms with Crippen LogP contribution in [0, 0.1) is 19.3 Å². The summed E-state index contributed by atoms with van der Waals surface area (Å²) in [6.07, 6.45) is 6.11. The molecule has 0 saturated heterocycles. The van der Waals surface area contributed by atoms with E-state index in [9.17, 15) is 8.42 Å². The van der Waals surface area contributed by atoms with Gasteiger partial charge in [-0.2, -0.15) is 0 Å². The highest BCUT2D eigenvalue weighted by atomic mass is 32.2. The number of hydrogen-bond donors (Lipinski definition) is 0. The molecule has 3 heteroatoms. The summed E-state index contributed by atoms with van der Waals surface area (Å²) in [5, 5.41) is 1.03. The maximum Gasteiger partial charge on any atom is 0.200 e. The molecular weight excluding hydrogens is 196 g/mol. The number of allylic oxidation sites excluding steroid dienone is 1. The summed E-state index contributed by atoms with van der Waals surface area (Å²) in [6.45, 7) is 1.90. The Bertz CT molecular complexity index is 473. The third kappa shape index (κ3) is 2.48. The first-order chi connectivity index (χ1) is 6.56. The zero-order chi connectivity index (χ0) is 10.6. The van der Waals surface area contributed by atoms with E-state index in [1.807, 2.05) is 6.92 Å². The van der Waals surface area contributed by atoms with Crippen molar-refractivity contribution in [1.29, 1.82) is 0 Å². The predicted molar refractivity (Wildman–Crippen MR) is 56.3 cm³/mol. The van der Waals surface area contributed by atoms with E-state index in [1.165, 1.54) is 6.08 Å². The van der Waals surface area contributed by atoms with Gasteiger partial charge in [0.15, 0.2) is 9.84 Å². The number of hydrogen-bond acceptors (Lipinski definition) is 2. The van der Waals surface area contributed by atoms with Crippen LogP contribution in [0.5, 0.6) is 0 Å². The standard InChI is InChI=1S/C11H10O2S/c1-3-4-9-14(12,13)11-7-5-10(2)6-8-11/h1,4-9H,2H3/b9-4+. The smallest absolute Gasteiger partial charge is 0.200 e. The van der Waals surface area contributed by atoms with Gasteiger partial charge in [-0.05, 0) is 25.1 Å². The van der Waals surface area contributed by atoms with Gasteiger partial charge in [-0.15, -0.1) is 6.42 Å². The van der Waals surface area contributed by atoms with Crippen LogP contribution in [0.15, 0.2) is 40.6 Å². The molecule has 0 unspecified atom stereocenters. The monoisotopic (exact) mass is 206 g/mol. The molecule has 0 saturated carbocycles. The molecule has 14 heavy (non-hydrogen) atoms. The summed E-state index contributed by atoms with van der Waals surface area (Å²) < 4.78 is 23.0. The summed E-state index contributed by atoms with van der Waals surface area (Å²) in [7, 11) is -3.36. The van der Waals surface area contributed by atoms with Crippen molar-refractivity contribution in [2.45, 2.75) is 11.8 Å². The molecule has 1 aromatic carbocycles. The average molecular weight is 206 g/mol. The van der Waals surface area contributed by atoms with Crippen molar-refractivity contribution in [3.8, 4) is 12.3 Å². The molecule has 1 rings (SSSR count). The third-order valence-corrected chi connectivity index (χ3v) is 3.12. The van der Waals surface area contributed by atoms with Crippen molar-refractivity contribution in [2.24, 2.45) is 0 Å². The molecule has 0 spiro atoms. The Morgan fingerprint density at radius 2 is 1.86 bits per heavy atom. The summed E-state index contributed by atoms with van der Waals surface area (Å²) in [5.41, 5.74) is 1.02. The second kappa shape index (κ2) is 4.12. The van der Waals surface area contributed by atoms with E-state index in [2.05, 4.69) is 5.92 Å². The van der Waals surface area contributed by atoms with Crippen molar-refractivity contribution >= 4 is 9.84 Å². The lowest BCUT2D eigenvalue weighted by molar-refractivity contribution is 0.604. The maximum atomic E-state index is 11.5. The quantitative estimate of drug-likeness (QED) is 0.693. The SMILES string of the molecule is C#C/C=C/S(=O)(=O)c1ccc(C)cc1. The van der Waals surface area contributed by atoms with Gasteiger partial charge in [0.25, 0.3) is 0 Å². The highest BCUT2D eigenvalue weighted by molar-refractivity contribution is 7.94. The first-order valence-corrected chi connectivity index (χ1v) is 5.55. The van der Waals surface area contributed by atoms with Crippen molar-refractivity contribution in [2.75, 3.05) is 0 Å². The summed E-state index contributed by atoms with van der Waals surface area (Å²) in [6, 6.07) is 6.62. The fourth-order valence-electron chi connectivity index (χ4n) is 0.935. The van der Waals surface area contributed by atoms with E-state index in [0.29, 0.717) is 0 Å². The van der Waals surface area contributed by atoms with Crippen LogP contribution in [0.25, 0.3) is 0 Å². The van der Waals surface area contributed by atoms with E-state index in [0.717, 1.165) is 11.0 Å². The lowest BCUT2D eigenvalue weighted by Gasteiger charge is -1.98. The largest absolute Gasteiger partial charge is 0.219 e. The van der Waals surface area contributed by atoms with Gasteiger partial charge in [0.05, 0.1) is 4.90 Å². The van der Waals surface area contributed by atoms with Gasteiger partial charge in [-0.25, -0.2) is 8.42 Å². The number of terminal acetylenes is 1. The number of sulfone groups is 1. The Balaban J connectivity index is 3.13.